The molecule has 0 unspecified atom stereocenters. The molecule has 1 N–H and O–H groups in total. The summed E-state index contributed by atoms with van der Waals surface area (Å²) in [6, 6.07) is 10.9. The summed E-state index contributed by atoms with van der Waals surface area (Å²) in [5, 5.41) is 4.40. The molecule has 21 heavy (non-hydrogen) atoms. The van der Waals surface area contributed by atoms with Crippen molar-refractivity contribution in [2.75, 3.05) is 5.32 Å². The summed E-state index contributed by atoms with van der Waals surface area (Å²) in [4.78, 5) is 2.72. The lowest BCUT2D eigenvalue weighted by Gasteiger charge is -2.14. The van der Waals surface area contributed by atoms with E-state index in [1.807, 2.05) is 11.8 Å². The van der Waals surface area contributed by atoms with E-state index in [2.05, 4.69) is 67.5 Å². The maximum absolute atomic E-state index is 3.59. The Hall–Kier alpha value is 0.0300. The van der Waals surface area contributed by atoms with Crippen molar-refractivity contribution in [3.63, 3.8) is 0 Å². The Bertz CT molecular complexity index is 587. The number of anilines is 1. The summed E-state index contributed by atoms with van der Waals surface area (Å²) in [5.41, 5.74) is 1.26. The first-order valence-corrected chi connectivity index (χ1v) is 10.4. The van der Waals surface area contributed by atoms with Gasteiger partial charge in [0.2, 0.25) is 0 Å². The average molecular weight is 447 g/mol. The molecule has 1 saturated carbocycles. The first-order valence-electron chi connectivity index (χ1n) is 7.15. The van der Waals surface area contributed by atoms with Gasteiger partial charge >= 0.3 is 0 Å². The molecule has 1 fully saturated rings. The minimum Gasteiger partial charge on any atom is -0.379 e. The van der Waals surface area contributed by atoms with Gasteiger partial charge in [-0.25, -0.2) is 0 Å². The zero-order valence-electron chi connectivity index (χ0n) is 11.6. The molecule has 1 nitrogen and oxygen atoms in total. The second-order valence-electron chi connectivity index (χ2n) is 5.21. The number of thiophene rings is 1. The number of benzene rings is 1. The number of halogens is 2. The lowest BCUT2D eigenvalue weighted by atomic mass is 10.3. The number of thioether (sulfide) groups is 1. The van der Waals surface area contributed by atoms with E-state index < -0.39 is 0 Å². The van der Waals surface area contributed by atoms with Gasteiger partial charge in [0.05, 0.1) is 3.79 Å². The van der Waals surface area contributed by atoms with Crippen LogP contribution >= 0.6 is 55.0 Å². The Labute approximate surface area is 151 Å². The Balaban J connectivity index is 1.66. The first-order chi connectivity index (χ1) is 10.2. The Kier molecular flexibility index (Phi) is 5.71. The van der Waals surface area contributed by atoms with E-state index in [1.165, 1.54) is 41.1 Å². The maximum atomic E-state index is 3.59. The van der Waals surface area contributed by atoms with Crippen LogP contribution in [-0.2, 0) is 6.54 Å². The number of rotatable bonds is 5. The minimum absolute atomic E-state index is 0.804. The highest BCUT2D eigenvalue weighted by atomic mass is 79.9. The molecule has 1 aromatic heterocycles. The van der Waals surface area contributed by atoms with Gasteiger partial charge < -0.3 is 5.32 Å². The fraction of sp³-hybridized carbons (Fsp3) is 0.375. The van der Waals surface area contributed by atoms with Gasteiger partial charge in [0, 0.05) is 31.7 Å². The largest absolute Gasteiger partial charge is 0.379 e. The van der Waals surface area contributed by atoms with Crippen LogP contribution in [0.3, 0.4) is 0 Å². The molecule has 1 heterocycles. The Morgan fingerprint density at radius 2 is 1.95 bits per heavy atom. The molecule has 1 aliphatic carbocycles. The van der Waals surface area contributed by atoms with Crippen LogP contribution < -0.4 is 5.32 Å². The third-order valence-corrected chi connectivity index (χ3v) is 8.30. The average Bonchev–Trinajstić information content (AvgIpc) is 3.09. The molecule has 0 saturated heterocycles. The Morgan fingerprint density at radius 3 is 2.67 bits per heavy atom. The summed E-state index contributed by atoms with van der Waals surface area (Å²) < 4.78 is 2.30. The molecule has 2 aromatic rings. The van der Waals surface area contributed by atoms with Gasteiger partial charge in [0.15, 0.2) is 0 Å². The van der Waals surface area contributed by atoms with E-state index >= 15 is 0 Å². The van der Waals surface area contributed by atoms with Crippen LogP contribution in [0.15, 0.2) is 43.5 Å². The highest BCUT2D eigenvalue weighted by Gasteiger charge is 2.17. The first kappa shape index (κ1) is 15.9. The van der Waals surface area contributed by atoms with E-state index in [0.29, 0.717) is 0 Å². The van der Waals surface area contributed by atoms with Gasteiger partial charge in [-0.2, -0.15) is 0 Å². The normalized spacial score (nSPS) is 15.5. The predicted molar refractivity (Wildman–Crippen MR) is 102 cm³/mol. The van der Waals surface area contributed by atoms with Crippen molar-refractivity contribution < 1.29 is 0 Å². The molecule has 0 bridgehead atoms. The van der Waals surface area contributed by atoms with E-state index in [0.717, 1.165) is 20.1 Å². The van der Waals surface area contributed by atoms with Crippen molar-refractivity contribution >= 4 is 60.6 Å². The van der Waals surface area contributed by atoms with Crippen LogP contribution in [0.25, 0.3) is 0 Å². The molecule has 3 rings (SSSR count). The van der Waals surface area contributed by atoms with Crippen LogP contribution in [-0.4, -0.2) is 5.25 Å². The molecule has 1 aliphatic rings. The van der Waals surface area contributed by atoms with Crippen molar-refractivity contribution in [2.45, 2.75) is 42.4 Å². The lowest BCUT2D eigenvalue weighted by molar-refractivity contribution is 0.886. The SMILES string of the molecule is Brc1cc(CNc2ccccc2SC2CCCC2)sc1Br. The highest BCUT2D eigenvalue weighted by molar-refractivity contribution is 9.13. The van der Waals surface area contributed by atoms with Gasteiger partial charge in [-0.15, -0.1) is 23.1 Å². The van der Waals surface area contributed by atoms with E-state index in [9.17, 15) is 0 Å². The number of para-hydroxylation sites is 1. The second kappa shape index (κ2) is 7.53. The molecule has 0 spiro atoms. The lowest BCUT2D eigenvalue weighted by Crippen LogP contribution is -2.01. The molecule has 0 radical (unpaired) electrons. The van der Waals surface area contributed by atoms with Crippen molar-refractivity contribution in [2.24, 2.45) is 0 Å². The summed E-state index contributed by atoms with van der Waals surface area (Å²) in [6.45, 7) is 0.872. The monoisotopic (exact) mass is 445 g/mol. The maximum Gasteiger partial charge on any atom is 0.0843 e. The van der Waals surface area contributed by atoms with Crippen LogP contribution in [0, 0.1) is 0 Å². The Morgan fingerprint density at radius 1 is 1.19 bits per heavy atom. The van der Waals surface area contributed by atoms with Crippen LogP contribution in [0.2, 0.25) is 0 Å². The second-order valence-corrected chi connectivity index (χ2v) is 9.86. The molecular weight excluding hydrogens is 430 g/mol. The predicted octanol–water partition coefficient (Wildman–Crippen LogP) is 6.92. The van der Waals surface area contributed by atoms with Crippen LogP contribution in [0.4, 0.5) is 5.69 Å². The van der Waals surface area contributed by atoms with Crippen LogP contribution in [0.5, 0.6) is 0 Å². The van der Waals surface area contributed by atoms with Gasteiger partial charge in [0.25, 0.3) is 0 Å². The van der Waals surface area contributed by atoms with Gasteiger partial charge in [-0.1, -0.05) is 25.0 Å². The summed E-state index contributed by atoms with van der Waals surface area (Å²) >= 11 is 10.9. The topological polar surface area (TPSA) is 12.0 Å². The third kappa shape index (κ3) is 4.27. The number of hydrogen-bond donors (Lipinski definition) is 1. The highest BCUT2D eigenvalue weighted by Crippen LogP contribution is 2.38. The zero-order valence-corrected chi connectivity index (χ0v) is 16.4. The minimum atomic E-state index is 0.804. The molecule has 0 amide bonds. The zero-order chi connectivity index (χ0) is 14.7. The van der Waals surface area contributed by atoms with Gasteiger partial charge in [0.1, 0.15) is 0 Å². The van der Waals surface area contributed by atoms with Gasteiger partial charge in [-0.05, 0) is 62.9 Å². The summed E-state index contributed by atoms with van der Waals surface area (Å²) in [6.07, 6.45) is 5.52. The smallest absolute Gasteiger partial charge is 0.0843 e. The molecule has 5 heteroatoms. The fourth-order valence-electron chi connectivity index (χ4n) is 2.56. The van der Waals surface area contributed by atoms with Crippen molar-refractivity contribution in [1.82, 2.24) is 0 Å². The summed E-state index contributed by atoms with van der Waals surface area (Å²) in [7, 11) is 0. The molecule has 1 aromatic carbocycles. The van der Waals surface area contributed by atoms with Crippen molar-refractivity contribution in [3.8, 4) is 0 Å². The van der Waals surface area contributed by atoms with Crippen LogP contribution in [0.1, 0.15) is 30.6 Å². The quantitative estimate of drug-likeness (QED) is 0.534. The van der Waals surface area contributed by atoms with Crippen molar-refractivity contribution in [1.29, 1.82) is 0 Å². The number of hydrogen-bond acceptors (Lipinski definition) is 3. The molecular formula is C16H17Br2NS2. The molecule has 112 valence electrons. The van der Waals surface area contributed by atoms with Gasteiger partial charge in [-0.3, -0.25) is 0 Å². The molecule has 0 atom stereocenters. The molecule has 0 aliphatic heterocycles. The standard InChI is InChI=1S/C16H17Br2NS2/c17-13-9-12(21-16(13)18)10-19-14-7-3-4-8-15(14)20-11-5-1-2-6-11/h3-4,7-9,11,19H,1-2,5-6,10H2. The van der Waals surface area contributed by atoms with E-state index in [1.54, 1.807) is 11.3 Å². The summed E-state index contributed by atoms with van der Waals surface area (Å²) in [5.74, 6) is 0. The van der Waals surface area contributed by atoms with E-state index in [-0.39, 0.29) is 0 Å². The third-order valence-electron chi connectivity index (χ3n) is 3.63. The fourth-order valence-corrected chi connectivity index (χ4v) is 6.03. The van der Waals surface area contributed by atoms with Crippen molar-refractivity contribution in [3.05, 3.63) is 43.5 Å². The number of nitrogens with one attached hydrogen (secondary N) is 1. The van der Waals surface area contributed by atoms with E-state index in [4.69, 9.17) is 0 Å².